The SMILES string of the molecule is CC1(C)Cc2c(S(=O)(=O)NC(=O)Nc3c4c(cc5c3CCC5)CCC4)cnn2C(=O)O1. The Morgan fingerprint density at radius 3 is 2.42 bits per heavy atom. The summed E-state index contributed by atoms with van der Waals surface area (Å²) >= 11 is 0. The van der Waals surface area contributed by atoms with Crippen molar-refractivity contribution in [3.05, 3.63) is 40.2 Å². The molecular formula is C21H24N4O5S. The van der Waals surface area contributed by atoms with Crippen LogP contribution in [-0.4, -0.2) is 35.9 Å². The number of sulfonamides is 1. The highest BCUT2D eigenvalue weighted by Gasteiger charge is 2.38. The van der Waals surface area contributed by atoms with E-state index in [2.05, 4.69) is 21.2 Å². The number of amides is 2. The molecule has 10 heteroatoms. The van der Waals surface area contributed by atoms with Gasteiger partial charge in [0.05, 0.1) is 11.9 Å². The van der Waals surface area contributed by atoms with E-state index in [-0.39, 0.29) is 17.0 Å². The van der Waals surface area contributed by atoms with E-state index in [1.54, 1.807) is 13.8 Å². The van der Waals surface area contributed by atoms with E-state index in [9.17, 15) is 18.0 Å². The fraction of sp³-hybridized carbons (Fsp3) is 0.476. The normalized spacial score (nSPS) is 18.7. The fourth-order valence-electron chi connectivity index (χ4n) is 4.90. The summed E-state index contributed by atoms with van der Waals surface area (Å²) in [6.45, 7) is 3.38. The summed E-state index contributed by atoms with van der Waals surface area (Å²) in [7, 11) is -4.23. The van der Waals surface area contributed by atoms with E-state index in [4.69, 9.17) is 4.74 Å². The van der Waals surface area contributed by atoms with Gasteiger partial charge in [0.1, 0.15) is 10.5 Å². The number of carbonyl (C=O) groups is 2. The molecule has 0 unspecified atom stereocenters. The summed E-state index contributed by atoms with van der Waals surface area (Å²) in [5.74, 6) is 0. The van der Waals surface area contributed by atoms with Crippen molar-refractivity contribution in [1.82, 2.24) is 14.5 Å². The molecule has 0 saturated carbocycles. The number of urea groups is 1. The van der Waals surface area contributed by atoms with E-state index in [1.807, 2.05) is 0 Å². The first-order valence-corrected chi connectivity index (χ1v) is 11.9. The van der Waals surface area contributed by atoms with Crippen molar-refractivity contribution < 1.29 is 22.7 Å². The number of rotatable bonds is 3. The quantitative estimate of drug-likeness (QED) is 0.751. The van der Waals surface area contributed by atoms with Gasteiger partial charge >= 0.3 is 12.1 Å². The number of anilines is 1. The maximum Gasteiger partial charge on any atom is 0.435 e. The Morgan fingerprint density at radius 1 is 1.13 bits per heavy atom. The number of hydrogen-bond donors (Lipinski definition) is 2. The topological polar surface area (TPSA) is 119 Å². The summed E-state index contributed by atoms with van der Waals surface area (Å²) in [4.78, 5) is 24.7. The third-order valence-corrected chi connectivity index (χ3v) is 7.56. The van der Waals surface area contributed by atoms with Gasteiger partial charge in [-0.25, -0.2) is 22.7 Å². The summed E-state index contributed by atoms with van der Waals surface area (Å²) in [5, 5.41) is 6.66. The third-order valence-electron chi connectivity index (χ3n) is 6.19. The van der Waals surface area contributed by atoms with E-state index in [1.165, 1.54) is 11.1 Å². The highest BCUT2D eigenvalue weighted by atomic mass is 32.2. The molecule has 0 saturated heterocycles. The van der Waals surface area contributed by atoms with Gasteiger partial charge in [0, 0.05) is 12.1 Å². The molecule has 0 spiro atoms. The molecule has 0 radical (unpaired) electrons. The van der Waals surface area contributed by atoms with Gasteiger partial charge in [-0.1, -0.05) is 6.07 Å². The van der Waals surface area contributed by atoms with Crippen LogP contribution >= 0.6 is 0 Å². The van der Waals surface area contributed by atoms with Gasteiger partial charge in [-0.3, -0.25) is 0 Å². The van der Waals surface area contributed by atoms with Gasteiger partial charge in [0.25, 0.3) is 10.0 Å². The van der Waals surface area contributed by atoms with Crippen LogP contribution in [0.4, 0.5) is 15.3 Å². The van der Waals surface area contributed by atoms with Gasteiger partial charge in [-0.05, 0) is 74.6 Å². The monoisotopic (exact) mass is 444 g/mol. The highest BCUT2D eigenvalue weighted by Crippen LogP contribution is 2.38. The molecule has 164 valence electrons. The van der Waals surface area contributed by atoms with Crippen LogP contribution in [-0.2, 0) is 46.9 Å². The number of benzene rings is 1. The largest absolute Gasteiger partial charge is 0.441 e. The van der Waals surface area contributed by atoms with E-state index < -0.39 is 27.7 Å². The van der Waals surface area contributed by atoms with Crippen molar-refractivity contribution in [2.24, 2.45) is 0 Å². The summed E-state index contributed by atoms with van der Waals surface area (Å²) in [6, 6.07) is 1.43. The molecule has 2 N–H and O–H groups in total. The lowest BCUT2D eigenvalue weighted by atomic mass is 9.99. The van der Waals surface area contributed by atoms with Crippen molar-refractivity contribution in [2.45, 2.75) is 69.3 Å². The summed E-state index contributed by atoms with van der Waals surface area (Å²) in [5.41, 5.74) is 4.79. The lowest BCUT2D eigenvalue weighted by molar-refractivity contribution is 0.0225. The van der Waals surface area contributed by atoms with E-state index in [0.717, 1.165) is 66.2 Å². The summed E-state index contributed by atoms with van der Waals surface area (Å²) in [6.07, 6.45) is 6.26. The maximum absolute atomic E-state index is 13.0. The van der Waals surface area contributed by atoms with Crippen LogP contribution < -0.4 is 10.0 Å². The molecule has 2 amide bonds. The van der Waals surface area contributed by atoms with Gasteiger partial charge < -0.3 is 10.1 Å². The standard InChI is InChI=1S/C21H24N4O5S/c1-21(2)10-16-17(11-22-25(16)20(27)30-21)31(28,29)24-19(26)23-18-14-7-3-5-12(14)9-13-6-4-8-15(13)18/h9,11H,3-8,10H2,1-2H3,(H2,23,24,26). The molecule has 9 nitrogen and oxygen atoms in total. The second kappa shape index (κ2) is 6.81. The number of hydrogen-bond acceptors (Lipinski definition) is 6. The van der Waals surface area contributed by atoms with E-state index >= 15 is 0 Å². The molecular weight excluding hydrogens is 420 g/mol. The van der Waals surface area contributed by atoms with Gasteiger partial charge in [-0.2, -0.15) is 9.78 Å². The molecule has 2 aliphatic carbocycles. The molecule has 1 aromatic carbocycles. The average molecular weight is 445 g/mol. The van der Waals surface area contributed by atoms with Crippen LogP contribution in [0.25, 0.3) is 0 Å². The lowest BCUT2D eigenvalue weighted by Crippen LogP contribution is -2.41. The number of ether oxygens (including phenoxy) is 1. The number of fused-ring (bicyclic) bond motifs is 3. The second-order valence-corrected chi connectivity index (χ2v) is 10.6. The van der Waals surface area contributed by atoms with Crippen molar-refractivity contribution in [3.8, 4) is 0 Å². The molecule has 0 fully saturated rings. The molecule has 2 aromatic rings. The van der Waals surface area contributed by atoms with Gasteiger partial charge in [0.2, 0.25) is 0 Å². The number of nitrogens with zero attached hydrogens (tertiary/aromatic N) is 2. The molecule has 0 bridgehead atoms. The number of carbonyl (C=O) groups excluding carboxylic acids is 2. The van der Waals surface area contributed by atoms with Crippen molar-refractivity contribution in [3.63, 3.8) is 0 Å². The van der Waals surface area contributed by atoms with Crippen LogP contribution in [0.3, 0.4) is 0 Å². The summed E-state index contributed by atoms with van der Waals surface area (Å²) < 4.78 is 34.2. The minimum atomic E-state index is -4.23. The smallest absolute Gasteiger partial charge is 0.435 e. The first-order chi connectivity index (χ1) is 14.6. The Kier molecular flexibility index (Phi) is 4.40. The average Bonchev–Trinajstić information content (AvgIpc) is 3.38. The minimum absolute atomic E-state index is 0.163. The van der Waals surface area contributed by atoms with Crippen molar-refractivity contribution in [1.29, 1.82) is 0 Å². The third kappa shape index (κ3) is 3.38. The van der Waals surface area contributed by atoms with Crippen molar-refractivity contribution in [2.75, 3.05) is 5.32 Å². The number of aryl methyl sites for hydroxylation is 2. The lowest BCUT2D eigenvalue weighted by Gasteiger charge is -2.29. The Hall–Kier alpha value is -2.88. The Labute approximate surface area is 180 Å². The second-order valence-electron chi connectivity index (χ2n) is 8.97. The molecule has 1 aromatic heterocycles. The van der Waals surface area contributed by atoms with Gasteiger partial charge in [-0.15, -0.1) is 0 Å². The molecule has 3 aliphatic rings. The van der Waals surface area contributed by atoms with Crippen LogP contribution in [0, 0.1) is 0 Å². The Balaban J connectivity index is 1.42. The molecule has 5 rings (SSSR count). The zero-order valence-electron chi connectivity index (χ0n) is 17.4. The van der Waals surface area contributed by atoms with Crippen LogP contribution in [0.5, 0.6) is 0 Å². The Bertz CT molecular complexity index is 1200. The first-order valence-electron chi connectivity index (χ1n) is 10.5. The zero-order chi connectivity index (χ0) is 22.0. The molecule has 1 aliphatic heterocycles. The van der Waals surface area contributed by atoms with Crippen LogP contribution in [0.2, 0.25) is 0 Å². The first kappa shape index (κ1) is 20.0. The zero-order valence-corrected chi connectivity index (χ0v) is 18.3. The highest BCUT2D eigenvalue weighted by molar-refractivity contribution is 7.90. The molecule has 2 heterocycles. The minimum Gasteiger partial charge on any atom is -0.441 e. The van der Waals surface area contributed by atoms with Gasteiger partial charge in [0.15, 0.2) is 0 Å². The van der Waals surface area contributed by atoms with Crippen LogP contribution in [0.15, 0.2) is 17.2 Å². The predicted molar refractivity (Wildman–Crippen MR) is 112 cm³/mol. The predicted octanol–water partition coefficient (Wildman–Crippen LogP) is 2.69. The maximum atomic E-state index is 13.0. The molecule has 0 atom stereocenters. The van der Waals surface area contributed by atoms with Crippen molar-refractivity contribution >= 4 is 27.8 Å². The number of nitrogens with one attached hydrogen (secondary N) is 2. The fourth-order valence-corrected chi connectivity index (χ4v) is 5.96. The number of aromatic nitrogens is 2. The molecule has 31 heavy (non-hydrogen) atoms. The Morgan fingerprint density at radius 2 is 1.77 bits per heavy atom. The number of cyclic esters (lactones) is 1. The van der Waals surface area contributed by atoms with E-state index in [0.29, 0.717) is 0 Å². The van der Waals surface area contributed by atoms with Crippen LogP contribution in [0.1, 0.15) is 54.6 Å².